The van der Waals surface area contributed by atoms with Gasteiger partial charge in [0, 0.05) is 16.8 Å². The van der Waals surface area contributed by atoms with Gasteiger partial charge in [0.15, 0.2) is 0 Å². The molecule has 4 nitrogen and oxygen atoms in total. The average molecular weight is 460 g/mol. The van der Waals surface area contributed by atoms with Crippen molar-refractivity contribution in [1.29, 1.82) is 0 Å². The summed E-state index contributed by atoms with van der Waals surface area (Å²) in [4.78, 5) is 2.26. The van der Waals surface area contributed by atoms with E-state index in [1.54, 1.807) is 0 Å². The Balaban J connectivity index is 1.51. The molecule has 0 aliphatic heterocycles. The first-order chi connectivity index (χ1) is 17.2. The number of anilines is 3. The third kappa shape index (κ3) is 3.83. The highest BCUT2D eigenvalue weighted by Gasteiger charge is 2.18. The number of ether oxygens (including phenoxy) is 1. The van der Waals surface area contributed by atoms with Crippen LogP contribution < -0.4 is 9.64 Å². The second-order valence-electron chi connectivity index (χ2n) is 8.75. The van der Waals surface area contributed by atoms with E-state index in [9.17, 15) is 5.11 Å². The first-order valence-electron chi connectivity index (χ1n) is 11.8. The summed E-state index contributed by atoms with van der Waals surface area (Å²) in [6, 6.07) is 37.9. The summed E-state index contributed by atoms with van der Waals surface area (Å²) in [5.74, 6) is 0.643. The zero-order valence-electron chi connectivity index (χ0n) is 19.1. The van der Waals surface area contributed by atoms with Crippen LogP contribution in [0.5, 0.6) is 5.75 Å². The van der Waals surface area contributed by atoms with Gasteiger partial charge in [-0.05, 0) is 69.4 Å². The summed E-state index contributed by atoms with van der Waals surface area (Å²) in [5.41, 5.74) is 3.17. The Morgan fingerprint density at radius 3 is 1.97 bits per heavy atom. The third-order valence-electron chi connectivity index (χ3n) is 6.51. The van der Waals surface area contributed by atoms with E-state index in [4.69, 9.17) is 9.84 Å². The predicted molar refractivity (Wildman–Crippen MR) is 143 cm³/mol. The maximum atomic E-state index is 9.59. The summed E-state index contributed by atoms with van der Waals surface area (Å²) >= 11 is 0. The molecule has 4 heteroatoms. The Bertz CT molecular complexity index is 1580. The van der Waals surface area contributed by atoms with Gasteiger partial charge >= 0.3 is 0 Å². The van der Waals surface area contributed by atoms with Crippen molar-refractivity contribution in [3.8, 4) is 5.75 Å². The van der Waals surface area contributed by atoms with Crippen LogP contribution in [0.3, 0.4) is 0 Å². The molecule has 0 heterocycles. The normalized spacial score (nSPS) is 12.4. The molecule has 0 aromatic heterocycles. The number of hydrogen-bond acceptors (Lipinski definition) is 4. The van der Waals surface area contributed by atoms with E-state index in [1.807, 2.05) is 42.5 Å². The number of benzene rings is 6. The first kappa shape index (κ1) is 21.4. The van der Waals surface area contributed by atoms with Crippen LogP contribution in [-0.2, 0) is 0 Å². The lowest BCUT2D eigenvalue weighted by atomic mass is 9.93. The molecule has 1 atom stereocenters. The molecule has 0 fully saturated rings. The lowest BCUT2D eigenvalue weighted by Gasteiger charge is -2.27. The molecule has 0 spiro atoms. The van der Waals surface area contributed by atoms with Crippen LogP contribution in [0, 0.1) is 0 Å². The molecule has 0 amide bonds. The minimum Gasteiger partial charge on any atom is -0.491 e. The molecule has 0 radical (unpaired) electrons. The molecule has 6 rings (SSSR count). The van der Waals surface area contributed by atoms with Crippen LogP contribution in [0.4, 0.5) is 17.1 Å². The average Bonchev–Trinajstić information content (AvgIpc) is 2.92. The van der Waals surface area contributed by atoms with E-state index in [2.05, 4.69) is 71.6 Å². The van der Waals surface area contributed by atoms with Crippen LogP contribution in [0.2, 0.25) is 0 Å². The molecular formula is C31H25NO3. The van der Waals surface area contributed by atoms with Crippen molar-refractivity contribution in [3.63, 3.8) is 0 Å². The SMILES string of the molecule is OCC(O)COc1ccc(N(c2ccccc2)c2ccc3ccc4cccc5ccc2c3c45)cc1. The zero-order valence-corrected chi connectivity index (χ0v) is 19.1. The quantitative estimate of drug-likeness (QED) is 0.258. The van der Waals surface area contributed by atoms with E-state index in [1.165, 1.54) is 32.3 Å². The van der Waals surface area contributed by atoms with Gasteiger partial charge < -0.3 is 19.8 Å². The van der Waals surface area contributed by atoms with Gasteiger partial charge in [0.25, 0.3) is 0 Å². The monoisotopic (exact) mass is 459 g/mol. The van der Waals surface area contributed by atoms with Crippen molar-refractivity contribution < 1.29 is 14.9 Å². The Morgan fingerprint density at radius 1 is 0.629 bits per heavy atom. The molecule has 0 saturated heterocycles. The fourth-order valence-electron chi connectivity index (χ4n) is 4.86. The summed E-state index contributed by atoms with van der Waals surface area (Å²) in [7, 11) is 0. The van der Waals surface area contributed by atoms with E-state index < -0.39 is 6.10 Å². The Labute approximate surface area is 203 Å². The van der Waals surface area contributed by atoms with Crippen LogP contribution in [-0.4, -0.2) is 29.5 Å². The van der Waals surface area contributed by atoms with Gasteiger partial charge in [-0.15, -0.1) is 0 Å². The van der Waals surface area contributed by atoms with Gasteiger partial charge in [0.2, 0.25) is 0 Å². The van der Waals surface area contributed by atoms with Crippen LogP contribution in [0.25, 0.3) is 32.3 Å². The second kappa shape index (κ2) is 8.91. The predicted octanol–water partition coefficient (Wildman–Crippen LogP) is 6.79. The molecule has 172 valence electrons. The minimum absolute atomic E-state index is 0.0489. The molecule has 35 heavy (non-hydrogen) atoms. The molecule has 0 saturated carbocycles. The van der Waals surface area contributed by atoms with Crippen molar-refractivity contribution in [2.45, 2.75) is 6.10 Å². The van der Waals surface area contributed by atoms with Crippen molar-refractivity contribution >= 4 is 49.4 Å². The second-order valence-corrected chi connectivity index (χ2v) is 8.75. The van der Waals surface area contributed by atoms with Crippen LogP contribution >= 0.6 is 0 Å². The smallest absolute Gasteiger partial charge is 0.119 e. The maximum absolute atomic E-state index is 9.59. The van der Waals surface area contributed by atoms with Gasteiger partial charge in [-0.1, -0.05) is 66.7 Å². The highest BCUT2D eigenvalue weighted by Crippen LogP contribution is 2.43. The van der Waals surface area contributed by atoms with Crippen LogP contribution in [0.15, 0.2) is 109 Å². The first-order valence-corrected chi connectivity index (χ1v) is 11.8. The molecule has 6 aromatic carbocycles. The summed E-state index contributed by atoms with van der Waals surface area (Å²) < 4.78 is 5.62. The fourth-order valence-corrected chi connectivity index (χ4v) is 4.86. The maximum Gasteiger partial charge on any atom is 0.119 e. The van der Waals surface area contributed by atoms with E-state index in [0.29, 0.717) is 5.75 Å². The Morgan fingerprint density at radius 2 is 1.26 bits per heavy atom. The topological polar surface area (TPSA) is 52.9 Å². The summed E-state index contributed by atoms with van der Waals surface area (Å²) in [6.07, 6.45) is -0.896. The molecule has 2 N–H and O–H groups in total. The molecule has 0 aliphatic carbocycles. The third-order valence-corrected chi connectivity index (χ3v) is 6.51. The zero-order chi connectivity index (χ0) is 23.8. The highest BCUT2D eigenvalue weighted by atomic mass is 16.5. The number of aliphatic hydroxyl groups is 2. The Hall–Kier alpha value is -4.12. The fraction of sp³-hybridized carbons (Fsp3) is 0.0968. The molecule has 0 bridgehead atoms. The number of hydrogen-bond donors (Lipinski definition) is 2. The standard InChI is InChI=1S/C31H25NO3/c33-19-26(34)20-35-27-15-13-25(14-16-27)32(24-7-2-1-3-8-24)29-18-12-23-10-9-21-5-4-6-22-11-17-28(29)31(23)30(21)22/h1-18,26,33-34H,19-20H2. The van der Waals surface area contributed by atoms with Crippen LogP contribution in [0.1, 0.15) is 0 Å². The van der Waals surface area contributed by atoms with Crippen molar-refractivity contribution in [2.24, 2.45) is 0 Å². The van der Waals surface area contributed by atoms with Crippen molar-refractivity contribution in [1.82, 2.24) is 0 Å². The number of nitrogens with zero attached hydrogens (tertiary/aromatic N) is 1. The van der Waals surface area contributed by atoms with Gasteiger partial charge in [-0.25, -0.2) is 0 Å². The van der Waals surface area contributed by atoms with E-state index in [0.717, 1.165) is 17.1 Å². The number of para-hydroxylation sites is 1. The summed E-state index contributed by atoms with van der Waals surface area (Å²) in [5, 5.41) is 26.1. The highest BCUT2D eigenvalue weighted by molar-refractivity contribution is 6.25. The largest absolute Gasteiger partial charge is 0.491 e. The van der Waals surface area contributed by atoms with E-state index in [-0.39, 0.29) is 13.2 Å². The lowest BCUT2D eigenvalue weighted by Crippen LogP contribution is -2.21. The van der Waals surface area contributed by atoms with Gasteiger partial charge in [-0.3, -0.25) is 0 Å². The van der Waals surface area contributed by atoms with E-state index >= 15 is 0 Å². The molecule has 1 unspecified atom stereocenters. The molecular weight excluding hydrogens is 434 g/mol. The lowest BCUT2D eigenvalue weighted by molar-refractivity contribution is 0.0536. The van der Waals surface area contributed by atoms with Crippen molar-refractivity contribution in [2.75, 3.05) is 18.1 Å². The number of rotatable bonds is 7. The number of aliphatic hydroxyl groups excluding tert-OH is 2. The molecule has 0 aliphatic rings. The molecule has 6 aromatic rings. The van der Waals surface area contributed by atoms with Gasteiger partial charge in [-0.2, -0.15) is 0 Å². The van der Waals surface area contributed by atoms with Gasteiger partial charge in [0.05, 0.1) is 12.3 Å². The van der Waals surface area contributed by atoms with Gasteiger partial charge in [0.1, 0.15) is 18.5 Å². The Kier molecular flexibility index (Phi) is 5.45. The van der Waals surface area contributed by atoms with Crippen molar-refractivity contribution in [3.05, 3.63) is 109 Å². The minimum atomic E-state index is -0.896. The summed E-state index contributed by atoms with van der Waals surface area (Å²) in [6.45, 7) is -0.276.